The molecule has 0 heterocycles. The molecule has 0 aliphatic heterocycles. The summed E-state index contributed by atoms with van der Waals surface area (Å²) in [6, 6.07) is 2.16. The van der Waals surface area contributed by atoms with Crippen molar-refractivity contribution in [3.8, 4) is 5.75 Å². The zero-order valence-electron chi connectivity index (χ0n) is 6.45. The molecule has 0 spiro atoms. The molecule has 68 valence electrons. The SMILES string of the molecule is NC(=O)c1ccc(C=O)c(O)c1F. The smallest absolute Gasteiger partial charge is 0.251 e. The lowest BCUT2D eigenvalue weighted by atomic mass is 10.1. The first-order chi connectivity index (χ1) is 6.07. The summed E-state index contributed by atoms with van der Waals surface area (Å²) >= 11 is 0. The normalized spacial score (nSPS) is 9.62. The summed E-state index contributed by atoms with van der Waals surface area (Å²) in [6.45, 7) is 0. The zero-order chi connectivity index (χ0) is 10.0. The summed E-state index contributed by atoms with van der Waals surface area (Å²) < 4.78 is 13.0. The third kappa shape index (κ3) is 1.48. The molecule has 0 unspecified atom stereocenters. The Morgan fingerprint density at radius 2 is 2.15 bits per heavy atom. The van der Waals surface area contributed by atoms with Crippen molar-refractivity contribution in [3.63, 3.8) is 0 Å². The van der Waals surface area contributed by atoms with Gasteiger partial charge in [-0.2, -0.15) is 0 Å². The van der Waals surface area contributed by atoms with E-state index in [1.54, 1.807) is 0 Å². The Bertz CT molecular complexity index is 376. The highest BCUT2D eigenvalue weighted by atomic mass is 19.1. The van der Waals surface area contributed by atoms with Gasteiger partial charge < -0.3 is 10.8 Å². The maximum atomic E-state index is 13.0. The van der Waals surface area contributed by atoms with E-state index in [9.17, 15) is 14.0 Å². The van der Waals surface area contributed by atoms with E-state index < -0.39 is 23.0 Å². The third-order valence-corrected chi connectivity index (χ3v) is 1.54. The molecule has 0 aliphatic carbocycles. The van der Waals surface area contributed by atoms with Crippen molar-refractivity contribution in [1.82, 2.24) is 0 Å². The number of phenolic OH excluding ortho intramolecular Hbond substituents is 1. The fourth-order valence-corrected chi connectivity index (χ4v) is 0.865. The van der Waals surface area contributed by atoms with E-state index in [1.165, 1.54) is 0 Å². The molecule has 3 N–H and O–H groups in total. The largest absolute Gasteiger partial charge is 0.504 e. The predicted octanol–water partition coefficient (Wildman–Crippen LogP) is 0.443. The summed E-state index contributed by atoms with van der Waals surface area (Å²) in [7, 11) is 0. The quantitative estimate of drug-likeness (QED) is 0.653. The number of phenols is 1. The van der Waals surface area contributed by atoms with Crippen LogP contribution >= 0.6 is 0 Å². The zero-order valence-corrected chi connectivity index (χ0v) is 6.45. The lowest BCUT2D eigenvalue weighted by Gasteiger charge is -2.02. The maximum Gasteiger partial charge on any atom is 0.251 e. The van der Waals surface area contributed by atoms with Gasteiger partial charge in [0.25, 0.3) is 5.91 Å². The van der Waals surface area contributed by atoms with Gasteiger partial charge in [-0.3, -0.25) is 9.59 Å². The highest BCUT2D eigenvalue weighted by Gasteiger charge is 2.15. The van der Waals surface area contributed by atoms with Crippen LogP contribution in [0.1, 0.15) is 20.7 Å². The molecule has 0 fully saturated rings. The molecule has 0 bridgehead atoms. The lowest BCUT2D eigenvalue weighted by Crippen LogP contribution is -2.13. The standard InChI is InChI=1S/C8H6FNO3/c9-6-5(8(10)13)2-1-4(3-11)7(6)12/h1-3,12H,(H2,10,13). The Balaban J connectivity index is 3.39. The van der Waals surface area contributed by atoms with Crippen molar-refractivity contribution in [2.45, 2.75) is 0 Å². The fraction of sp³-hybridized carbons (Fsp3) is 0. The highest BCUT2D eigenvalue weighted by molar-refractivity contribution is 5.94. The van der Waals surface area contributed by atoms with Crippen molar-refractivity contribution in [1.29, 1.82) is 0 Å². The molecule has 4 nitrogen and oxygen atoms in total. The van der Waals surface area contributed by atoms with Crippen LogP contribution in [0.2, 0.25) is 0 Å². The van der Waals surface area contributed by atoms with Crippen molar-refractivity contribution in [2.24, 2.45) is 5.73 Å². The summed E-state index contributed by atoms with van der Waals surface area (Å²) in [5.41, 5.74) is 4.14. The van der Waals surface area contributed by atoms with E-state index in [4.69, 9.17) is 10.8 Å². The fourth-order valence-electron chi connectivity index (χ4n) is 0.865. The van der Waals surface area contributed by atoms with Crippen LogP contribution in [0, 0.1) is 5.82 Å². The van der Waals surface area contributed by atoms with E-state index in [2.05, 4.69) is 0 Å². The second-order valence-corrected chi connectivity index (χ2v) is 2.35. The molecule has 1 aromatic rings. The van der Waals surface area contributed by atoms with Gasteiger partial charge in [-0.15, -0.1) is 0 Å². The van der Waals surface area contributed by atoms with Gasteiger partial charge in [0.05, 0.1) is 11.1 Å². The third-order valence-electron chi connectivity index (χ3n) is 1.54. The van der Waals surface area contributed by atoms with Crippen LogP contribution in [-0.2, 0) is 0 Å². The molecular weight excluding hydrogens is 177 g/mol. The molecule has 1 rings (SSSR count). The van der Waals surface area contributed by atoms with E-state index in [0.29, 0.717) is 0 Å². The van der Waals surface area contributed by atoms with Crippen molar-refractivity contribution in [2.75, 3.05) is 0 Å². The molecule has 0 aliphatic rings. The number of hydrogen-bond acceptors (Lipinski definition) is 3. The molecule has 0 aromatic heterocycles. The highest BCUT2D eigenvalue weighted by Crippen LogP contribution is 2.22. The van der Waals surface area contributed by atoms with Crippen LogP contribution in [-0.4, -0.2) is 17.3 Å². The van der Waals surface area contributed by atoms with E-state index in [0.717, 1.165) is 12.1 Å². The minimum atomic E-state index is -1.17. The molecule has 1 aromatic carbocycles. The summed E-state index contributed by atoms with van der Waals surface area (Å²) in [6.07, 6.45) is 0.281. The number of carbonyl (C=O) groups is 2. The first-order valence-corrected chi connectivity index (χ1v) is 3.34. The Kier molecular flexibility index (Phi) is 2.27. The van der Waals surface area contributed by atoms with Crippen molar-refractivity contribution in [3.05, 3.63) is 29.1 Å². The number of carbonyl (C=O) groups excluding carboxylic acids is 2. The van der Waals surface area contributed by atoms with Crippen molar-refractivity contribution < 1.29 is 19.1 Å². The number of amides is 1. The second-order valence-electron chi connectivity index (χ2n) is 2.35. The monoisotopic (exact) mass is 183 g/mol. The Morgan fingerprint density at radius 1 is 1.54 bits per heavy atom. The van der Waals surface area contributed by atoms with Gasteiger partial charge in [-0.05, 0) is 12.1 Å². The van der Waals surface area contributed by atoms with Crippen LogP contribution in [0.5, 0.6) is 5.75 Å². The molecule has 1 amide bonds. The number of aldehydes is 1. The Labute approximate surface area is 72.8 Å². The van der Waals surface area contributed by atoms with Crippen LogP contribution in [0.15, 0.2) is 12.1 Å². The number of benzene rings is 1. The van der Waals surface area contributed by atoms with Crippen LogP contribution in [0.3, 0.4) is 0 Å². The number of primary amides is 1. The number of nitrogens with two attached hydrogens (primary N) is 1. The van der Waals surface area contributed by atoms with Gasteiger partial charge in [0, 0.05) is 0 Å². The molecule has 0 atom stereocenters. The molecule has 0 radical (unpaired) electrons. The number of hydrogen-bond donors (Lipinski definition) is 2. The summed E-state index contributed by atoms with van der Waals surface area (Å²) in [5, 5.41) is 9.01. The maximum absolute atomic E-state index is 13.0. The van der Waals surface area contributed by atoms with E-state index in [1.807, 2.05) is 0 Å². The average Bonchev–Trinajstić information content (AvgIpc) is 2.09. The second kappa shape index (κ2) is 3.22. The number of aromatic hydroxyl groups is 1. The predicted molar refractivity (Wildman–Crippen MR) is 42.0 cm³/mol. The minimum absolute atomic E-state index is 0.220. The topological polar surface area (TPSA) is 80.4 Å². The number of halogens is 1. The van der Waals surface area contributed by atoms with Crippen molar-refractivity contribution >= 4 is 12.2 Å². The van der Waals surface area contributed by atoms with Crippen LogP contribution < -0.4 is 5.73 Å². The van der Waals surface area contributed by atoms with Gasteiger partial charge >= 0.3 is 0 Å². The molecule has 0 saturated heterocycles. The average molecular weight is 183 g/mol. The minimum Gasteiger partial charge on any atom is -0.504 e. The van der Waals surface area contributed by atoms with Crippen LogP contribution in [0.4, 0.5) is 4.39 Å². The molecule has 5 heteroatoms. The first kappa shape index (κ1) is 9.18. The summed E-state index contributed by atoms with van der Waals surface area (Å²) in [5.74, 6) is -3.02. The van der Waals surface area contributed by atoms with Gasteiger partial charge in [0.2, 0.25) is 0 Å². The Hall–Kier alpha value is -1.91. The Morgan fingerprint density at radius 3 is 2.62 bits per heavy atom. The molecule has 13 heavy (non-hydrogen) atoms. The van der Waals surface area contributed by atoms with Gasteiger partial charge in [-0.1, -0.05) is 0 Å². The van der Waals surface area contributed by atoms with E-state index in [-0.39, 0.29) is 11.8 Å². The first-order valence-electron chi connectivity index (χ1n) is 3.34. The van der Waals surface area contributed by atoms with Crippen LogP contribution in [0.25, 0.3) is 0 Å². The molecular formula is C8H6FNO3. The summed E-state index contributed by atoms with van der Waals surface area (Å²) in [4.78, 5) is 20.8. The molecule has 0 saturated carbocycles. The number of rotatable bonds is 2. The van der Waals surface area contributed by atoms with Gasteiger partial charge in [0.15, 0.2) is 17.9 Å². The lowest BCUT2D eigenvalue weighted by molar-refractivity contribution is 0.0994. The van der Waals surface area contributed by atoms with E-state index >= 15 is 0 Å². The van der Waals surface area contributed by atoms with Gasteiger partial charge in [0.1, 0.15) is 0 Å². The van der Waals surface area contributed by atoms with Gasteiger partial charge in [-0.25, -0.2) is 4.39 Å².